The van der Waals surface area contributed by atoms with Crippen LogP contribution in [0.15, 0.2) is 36.4 Å². The average molecular weight is 404 g/mol. The van der Waals surface area contributed by atoms with E-state index in [9.17, 15) is 4.57 Å². The lowest BCUT2D eigenvalue weighted by molar-refractivity contribution is 0.361. The van der Waals surface area contributed by atoms with Gasteiger partial charge in [0.15, 0.2) is 8.46 Å². The lowest BCUT2D eigenvalue weighted by Gasteiger charge is -2.22. The van der Waals surface area contributed by atoms with E-state index in [0.29, 0.717) is 6.16 Å². The van der Waals surface area contributed by atoms with Crippen LogP contribution in [-0.4, -0.2) is 34.6 Å². The van der Waals surface area contributed by atoms with E-state index in [1.165, 1.54) is 0 Å². The molecule has 152 valence electrons. The molecular weight excluding hydrogens is 375 g/mol. The van der Waals surface area contributed by atoms with Crippen molar-refractivity contribution in [1.82, 2.24) is 0 Å². The molecule has 2 aromatic rings. The lowest BCUT2D eigenvalue weighted by Crippen LogP contribution is -2.12. The Morgan fingerprint density at radius 3 is 1.46 bits per heavy atom. The minimum absolute atomic E-state index is 0.187. The molecule has 0 radical (unpaired) electrons. The van der Waals surface area contributed by atoms with Gasteiger partial charge in [0.2, 0.25) is 0 Å². The first-order valence-electron chi connectivity index (χ1n) is 9.37. The summed E-state index contributed by atoms with van der Waals surface area (Å²) in [4.78, 5) is 0. The zero-order valence-corrected chi connectivity index (χ0v) is 18.0. The van der Waals surface area contributed by atoms with Crippen LogP contribution >= 0.6 is 8.46 Å². The van der Waals surface area contributed by atoms with Gasteiger partial charge >= 0.3 is 0 Å². The van der Waals surface area contributed by atoms with Crippen molar-refractivity contribution in [3.8, 4) is 23.0 Å². The van der Waals surface area contributed by atoms with Gasteiger partial charge in [-0.2, -0.15) is 0 Å². The Morgan fingerprint density at radius 2 is 1.14 bits per heavy atom. The molecule has 6 heteroatoms. The van der Waals surface area contributed by atoms with Crippen molar-refractivity contribution in [3.05, 3.63) is 47.5 Å². The highest BCUT2D eigenvalue weighted by Gasteiger charge is 2.21. The number of ether oxygens (including phenoxy) is 4. The van der Waals surface area contributed by atoms with E-state index in [1.54, 1.807) is 28.4 Å². The van der Waals surface area contributed by atoms with E-state index in [1.807, 2.05) is 36.4 Å². The molecule has 0 aliphatic rings. The third-order valence-electron chi connectivity index (χ3n) is 4.91. The third-order valence-corrected chi connectivity index (χ3v) is 5.41. The van der Waals surface area contributed by atoms with Crippen molar-refractivity contribution in [2.75, 3.05) is 34.6 Å². The fourth-order valence-corrected chi connectivity index (χ4v) is 3.87. The summed E-state index contributed by atoms with van der Waals surface area (Å²) in [6.07, 6.45) is 4.03. The molecule has 0 N–H and O–H groups in total. The number of methoxy groups -OCH3 is 4. The third kappa shape index (κ3) is 5.62. The van der Waals surface area contributed by atoms with Crippen LogP contribution in [0.4, 0.5) is 0 Å². The van der Waals surface area contributed by atoms with Crippen molar-refractivity contribution in [2.45, 2.75) is 25.7 Å². The fraction of sp³-hybridized carbons (Fsp3) is 0.455. The van der Waals surface area contributed by atoms with Gasteiger partial charge in [0.1, 0.15) is 23.0 Å². The Bertz CT molecular complexity index is 661. The predicted octanol–water partition coefficient (Wildman–Crippen LogP) is 5.19. The van der Waals surface area contributed by atoms with Gasteiger partial charge in [-0.1, -0.05) is 12.1 Å². The fourth-order valence-electron chi connectivity index (χ4n) is 3.56. The normalized spacial score (nSPS) is 10.9. The van der Waals surface area contributed by atoms with Gasteiger partial charge in [0, 0.05) is 17.3 Å². The van der Waals surface area contributed by atoms with Crippen molar-refractivity contribution in [3.63, 3.8) is 0 Å². The molecule has 0 aliphatic carbocycles. The standard InChI is InChI=1S/C22H29O5P/c1-24-19-9-5-10-20(25-2)17(19)14-16(8-7-13-28-23)15-18-21(26-3)11-6-12-22(18)27-4/h5-6,9-12,16H,7-8,13-15H2,1-4H3. The molecule has 28 heavy (non-hydrogen) atoms. The maximum atomic E-state index is 10.9. The lowest BCUT2D eigenvalue weighted by atomic mass is 9.87. The summed E-state index contributed by atoms with van der Waals surface area (Å²) in [6.45, 7) is 0. The SMILES string of the molecule is COc1cccc(OC)c1CC(CCCP=O)Cc1c(OC)cccc1OC. The van der Waals surface area contributed by atoms with Crippen LogP contribution in [0, 0.1) is 5.92 Å². The van der Waals surface area contributed by atoms with Gasteiger partial charge < -0.3 is 18.9 Å². The largest absolute Gasteiger partial charge is 0.496 e. The van der Waals surface area contributed by atoms with Gasteiger partial charge in [0.25, 0.3) is 0 Å². The van der Waals surface area contributed by atoms with Crippen molar-refractivity contribution in [2.24, 2.45) is 5.92 Å². The topological polar surface area (TPSA) is 54.0 Å². The highest BCUT2D eigenvalue weighted by atomic mass is 31.1. The number of benzene rings is 2. The molecule has 0 bridgehead atoms. The molecule has 0 aliphatic heterocycles. The van der Waals surface area contributed by atoms with Crippen LogP contribution in [0.2, 0.25) is 0 Å². The summed E-state index contributed by atoms with van der Waals surface area (Å²) >= 11 is 0. The zero-order valence-electron chi connectivity index (χ0n) is 17.1. The molecule has 0 heterocycles. The summed E-state index contributed by atoms with van der Waals surface area (Å²) in [5.41, 5.74) is 2.09. The quantitative estimate of drug-likeness (QED) is 0.360. The Labute approximate surface area is 169 Å². The van der Waals surface area contributed by atoms with E-state index in [4.69, 9.17) is 18.9 Å². The molecule has 0 saturated heterocycles. The van der Waals surface area contributed by atoms with Crippen LogP contribution in [0.25, 0.3) is 0 Å². The molecule has 0 atom stereocenters. The van der Waals surface area contributed by atoms with Gasteiger partial charge in [-0.05, 0) is 55.9 Å². The highest BCUT2D eigenvalue weighted by molar-refractivity contribution is 7.23. The first-order chi connectivity index (χ1) is 13.7. The van der Waals surface area contributed by atoms with Gasteiger partial charge in [0.05, 0.1) is 28.4 Å². The Hall–Kier alpha value is -2.26. The van der Waals surface area contributed by atoms with E-state index in [0.717, 1.165) is 59.8 Å². The van der Waals surface area contributed by atoms with Crippen LogP contribution in [0.3, 0.4) is 0 Å². The molecule has 2 aromatic carbocycles. The molecule has 2 rings (SSSR count). The van der Waals surface area contributed by atoms with Gasteiger partial charge in [-0.3, -0.25) is 4.57 Å². The molecule has 0 saturated carbocycles. The molecule has 0 spiro atoms. The summed E-state index contributed by atoms with van der Waals surface area (Å²) < 4.78 is 33.2. The summed E-state index contributed by atoms with van der Waals surface area (Å²) in [5, 5.41) is 0. The van der Waals surface area contributed by atoms with Crippen molar-refractivity contribution >= 4 is 8.46 Å². The van der Waals surface area contributed by atoms with Crippen LogP contribution in [0.1, 0.15) is 24.0 Å². The smallest absolute Gasteiger partial charge is 0.155 e. The Kier molecular flexibility index (Phi) is 9.09. The predicted molar refractivity (Wildman–Crippen MR) is 112 cm³/mol. The van der Waals surface area contributed by atoms with Crippen molar-refractivity contribution < 1.29 is 23.5 Å². The molecular formula is C22H29O5P. The van der Waals surface area contributed by atoms with Gasteiger partial charge in [-0.15, -0.1) is 0 Å². The number of hydrogen-bond donors (Lipinski definition) is 0. The van der Waals surface area contributed by atoms with Crippen LogP contribution in [0.5, 0.6) is 23.0 Å². The van der Waals surface area contributed by atoms with Crippen LogP contribution < -0.4 is 18.9 Å². The minimum Gasteiger partial charge on any atom is -0.496 e. The summed E-state index contributed by atoms with van der Waals surface area (Å²) in [5.74, 6) is 3.56. The molecule has 0 fully saturated rings. The minimum atomic E-state index is 0.187. The Morgan fingerprint density at radius 1 is 0.750 bits per heavy atom. The molecule has 0 aromatic heterocycles. The molecule has 5 nitrogen and oxygen atoms in total. The van der Waals surface area contributed by atoms with Crippen LogP contribution in [-0.2, 0) is 17.4 Å². The second-order valence-corrected chi connectivity index (χ2v) is 7.26. The molecule has 0 unspecified atom stereocenters. The maximum absolute atomic E-state index is 10.9. The highest BCUT2D eigenvalue weighted by Crippen LogP contribution is 2.36. The van der Waals surface area contributed by atoms with Crippen molar-refractivity contribution in [1.29, 1.82) is 0 Å². The van der Waals surface area contributed by atoms with E-state index >= 15 is 0 Å². The number of hydrogen-bond acceptors (Lipinski definition) is 5. The second-order valence-electron chi connectivity index (χ2n) is 6.55. The van der Waals surface area contributed by atoms with E-state index in [-0.39, 0.29) is 14.4 Å². The monoisotopic (exact) mass is 404 g/mol. The Balaban J connectivity index is 2.35. The summed E-state index contributed by atoms with van der Waals surface area (Å²) in [7, 11) is 6.88. The average Bonchev–Trinajstić information content (AvgIpc) is 2.73. The van der Waals surface area contributed by atoms with E-state index < -0.39 is 0 Å². The second kappa shape index (κ2) is 11.6. The number of rotatable bonds is 12. The maximum Gasteiger partial charge on any atom is 0.155 e. The summed E-state index contributed by atoms with van der Waals surface area (Å²) in [6, 6.07) is 11.7. The molecule has 0 amide bonds. The first-order valence-corrected chi connectivity index (χ1v) is 10.4. The first kappa shape index (κ1) is 22.0. The zero-order chi connectivity index (χ0) is 20.4. The van der Waals surface area contributed by atoms with E-state index in [2.05, 4.69) is 0 Å². The van der Waals surface area contributed by atoms with Gasteiger partial charge in [-0.25, -0.2) is 0 Å².